The topological polar surface area (TPSA) is 72.3 Å². The van der Waals surface area contributed by atoms with Gasteiger partial charge in [-0.3, -0.25) is 14.3 Å². The van der Waals surface area contributed by atoms with Gasteiger partial charge in [0.15, 0.2) is 11.0 Å². The molecule has 1 N–H and O–H groups in total. The molecule has 7 nitrogen and oxygen atoms in total. The molecule has 2 aromatic rings. The lowest BCUT2D eigenvalue weighted by Crippen LogP contribution is -2.33. The van der Waals surface area contributed by atoms with Crippen LogP contribution in [0.15, 0.2) is 29.4 Å². The molecule has 9 heteroatoms. The van der Waals surface area contributed by atoms with E-state index in [0.717, 1.165) is 44.0 Å². The number of hydrogen-bond acceptors (Lipinski definition) is 6. The summed E-state index contributed by atoms with van der Waals surface area (Å²) >= 11 is 1.35. The fourth-order valence-electron chi connectivity index (χ4n) is 4.16. The Morgan fingerprint density at radius 2 is 2.00 bits per heavy atom. The summed E-state index contributed by atoms with van der Waals surface area (Å²) in [5.41, 5.74) is 0.799. The second kappa shape index (κ2) is 10.6. The van der Waals surface area contributed by atoms with Gasteiger partial charge in [-0.05, 0) is 70.0 Å². The van der Waals surface area contributed by atoms with Crippen LogP contribution in [-0.2, 0) is 9.53 Å². The number of halogens is 1. The van der Waals surface area contributed by atoms with Crippen LogP contribution < -0.4 is 5.32 Å². The Labute approximate surface area is 186 Å². The first-order valence-electron chi connectivity index (χ1n) is 11.1. The van der Waals surface area contributed by atoms with Gasteiger partial charge >= 0.3 is 0 Å². The number of carbonyl (C=O) groups excluding carboxylic acids is 1. The van der Waals surface area contributed by atoms with Gasteiger partial charge in [0.2, 0.25) is 5.91 Å². The lowest BCUT2D eigenvalue weighted by Gasteiger charge is -2.31. The van der Waals surface area contributed by atoms with Crippen LogP contribution in [0.25, 0.3) is 5.69 Å². The summed E-state index contributed by atoms with van der Waals surface area (Å²) < 4.78 is 21.0. The average Bonchev–Trinajstić information content (AvgIpc) is 3.47. The van der Waals surface area contributed by atoms with Crippen LogP contribution in [-0.4, -0.2) is 63.7 Å². The second-order valence-electron chi connectivity index (χ2n) is 8.15. The lowest BCUT2D eigenvalue weighted by atomic mass is 10.1. The summed E-state index contributed by atoms with van der Waals surface area (Å²) in [7, 11) is 0. The molecule has 31 heavy (non-hydrogen) atoms. The number of benzene rings is 1. The summed E-state index contributed by atoms with van der Waals surface area (Å²) in [5, 5.41) is 12.5. The average molecular weight is 448 g/mol. The summed E-state index contributed by atoms with van der Waals surface area (Å²) in [4.78, 5) is 14.8. The standard InChI is InChI=1S/C22H30FN5O2S/c1-16(27-11-3-2-4-12-27)21-25-26-22(28(21)18-9-7-17(23)8-10-18)31-15-20(29)24-14-19-6-5-13-30-19/h7-10,16,19H,2-6,11-15H2,1H3,(H,24,29)/t16-,19+/m0/s1. The third-order valence-electron chi connectivity index (χ3n) is 5.94. The van der Waals surface area contributed by atoms with Gasteiger partial charge in [-0.2, -0.15) is 0 Å². The predicted molar refractivity (Wildman–Crippen MR) is 118 cm³/mol. The van der Waals surface area contributed by atoms with Gasteiger partial charge in [0.25, 0.3) is 0 Å². The minimum atomic E-state index is -0.287. The fourth-order valence-corrected chi connectivity index (χ4v) is 4.95. The van der Waals surface area contributed by atoms with Gasteiger partial charge in [-0.1, -0.05) is 18.2 Å². The molecule has 168 valence electrons. The maximum atomic E-state index is 13.5. The van der Waals surface area contributed by atoms with E-state index in [0.29, 0.717) is 11.7 Å². The Kier molecular flexibility index (Phi) is 7.58. The zero-order chi connectivity index (χ0) is 21.6. The van der Waals surface area contributed by atoms with E-state index in [-0.39, 0.29) is 29.6 Å². The van der Waals surface area contributed by atoms with Crippen LogP contribution in [0.2, 0.25) is 0 Å². The van der Waals surface area contributed by atoms with E-state index in [1.54, 1.807) is 12.1 Å². The number of carbonyl (C=O) groups is 1. The van der Waals surface area contributed by atoms with Crippen LogP contribution in [0.3, 0.4) is 0 Å². The minimum Gasteiger partial charge on any atom is -0.376 e. The summed E-state index contributed by atoms with van der Waals surface area (Å²) in [6.45, 7) is 5.52. The van der Waals surface area contributed by atoms with Crippen molar-refractivity contribution in [2.24, 2.45) is 0 Å². The van der Waals surface area contributed by atoms with E-state index >= 15 is 0 Å². The monoisotopic (exact) mass is 447 g/mol. The molecule has 2 fully saturated rings. The maximum absolute atomic E-state index is 13.5. The van der Waals surface area contributed by atoms with E-state index in [4.69, 9.17) is 4.74 Å². The number of thioether (sulfide) groups is 1. The molecule has 0 saturated carbocycles. The Morgan fingerprint density at radius 3 is 2.71 bits per heavy atom. The highest BCUT2D eigenvalue weighted by Crippen LogP contribution is 2.29. The number of amides is 1. The van der Waals surface area contributed by atoms with Crippen LogP contribution in [0, 0.1) is 5.82 Å². The molecule has 0 unspecified atom stereocenters. The molecule has 0 bridgehead atoms. The molecular formula is C22H30FN5O2S. The molecule has 0 spiro atoms. The van der Waals surface area contributed by atoms with E-state index in [1.165, 1.54) is 43.2 Å². The van der Waals surface area contributed by atoms with Crippen LogP contribution in [0.1, 0.15) is 50.9 Å². The van der Waals surface area contributed by atoms with Gasteiger partial charge in [0.05, 0.1) is 17.9 Å². The van der Waals surface area contributed by atoms with Crippen molar-refractivity contribution < 1.29 is 13.9 Å². The molecular weight excluding hydrogens is 417 g/mol. The normalized spacial score (nSPS) is 20.6. The number of nitrogens with one attached hydrogen (secondary N) is 1. The third-order valence-corrected chi connectivity index (χ3v) is 6.87. The van der Waals surface area contributed by atoms with Crippen molar-refractivity contribution in [2.45, 2.75) is 56.3 Å². The molecule has 2 aliphatic heterocycles. The summed E-state index contributed by atoms with van der Waals surface area (Å²) in [6, 6.07) is 6.42. The Bertz CT molecular complexity index is 863. The molecule has 3 heterocycles. The van der Waals surface area contributed by atoms with Crippen molar-refractivity contribution in [3.63, 3.8) is 0 Å². The second-order valence-corrected chi connectivity index (χ2v) is 9.10. The highest BCUT2D eigenvalue weighted by molar-refractivity contribution is 7.99. The van der Waals surface area contributed by atoms with Crippen molar-refractivity contribution in [3.8, 4) is 5.69 Å². The number of aromatic nitrogens is 3. The van der Waals surface area contributed by atoms with Crippen molar-refractivity contribution in [2.75, 3.05) is 32.0 Å². The number of rotatable bonds is 8. The quantitative estimate of drug-likeness (QED) is 0.626. The molecule has 1 aromatic carbocycles. The van der Waals surface area contributed by atoms with Crippen LogP contribution >= 0.6 is 11.8 Å². The first kappa shape index (κ1) is 22.2. The van der Waals surface area contributed by atoms with E-state index in [9.17, 15) is 9.18 Å². The van der Waals surface area contributed by atoms with Crippen molar-refractivity contribution in [1.29, 1.82) is 0 Å². The smallest absolute Gasteiger partial charge is 0.230 e. The molecule has 1 amide bonds. The largest absolute Gasteiger partial charge is 0.376 e. The highest BCUT2D eigenvalue weighted by Gasteiger charge is 2.26. The molecule has 4 rings (SSSR count). The number of likely N-dealkylation sites (tertiary alicyclic amines) is 1. The van der Waals surface area contributed by atoms with Crippen molar-refractivity contribution >= 4 is 17.7 Å². The molecule has 2 aliphatic rings. The number of nitrogens with zero attached hydrogens (tertiary/aromatic N) is 4. The minimum absolute atomic E-state index is 0.0558. The number of hydrogen-bond donors (Lipinski definition) is 1. The Balaban J connectivity index is 1.49. The summed E-state index contributed by atoms with van der Waals surface area (Å²) in [5.74, 6) is 0.713. The van der Waals surface area contributed by atoms with E-state index < -0.39 is 0 Å². The van der Waals surface area contributed by atoms with Gasteiger partial charge in [-0.25, -0.2) is 4.39 Å². The van der Waals surface area contributed by atoms with Gasteiger partial charge < -0.3 is 10.1 Å². The molecule has 2 atom stereocenters. The number of ether oxygens (including phenoxy) is 1. The van der Waals surface area contributed by atoms with Crippen molar-refractivity contribution in [1.82, 2.24) is 25.0 Å². The SMILES string of the molecule is C[C@@H](c1nnc(SCC(=O)NC[C@H]2CCCO2)n1-c1ccc(F)cc1)N1CCCCC1. The molecule has 1 aromatic heterocycles. The zero-order valence-corrected chi connectivity index (χ0v) is 18.7. The highest BCUT2D eigenvalue weighted by atomic mass is 32.2. The molecule has 0 aliphatic carbocycles. The third kappa shape index (κ3) is 5.64. The van der Waals surface area contributed by atoms with Gasteiger partial charge in [0, 0.05) is 18.8 Å². The first-order valence-corrected chi connectivity index (χ1v) is 12.1. The van der Waals surface area contributed by atoms with E-state index in [1.807, 2.05) is 4.57 Å². The van der Waals surface area contributed by atoms with Crippen LogP contribution in [0.4, 0.5) is 4.39 Å². The zero-order valence-electron chi connectivity index (χ0n) is 17.9. The van der Waals surface area contributed by atoms with Crippen LogP contribution in [0.5, 0.6) is 0 Å². The summed E-state index contributed by atoms with van der Waals surface area (Å²) in [6.07, 6.45) is 5.78. The molecule has 0 radical (unpaired) electrons. The Hall–Kier alpha value is -1.97. The van der Waals surface area contributed by atoms with Crippen molar-refractivity contribution in [3.05, 3.63) is 35.9 Å². The number of piperidine rings is 1. The lowest BCUT2D eigenvalue weighted by molar-refractivity contribution is -0.119. The maximum Gasteiger partial charge on any atom is 0.230 e. The van der Waals surface area contributed by atoms with Gasteiger partial charge in [-0.15, -0.1) is 10.2 Å². The predicted octanol–water partition coefficient (Wildman–Crippen LogP) is 3.34. The molecule has 2 saturated heterocycles. The Morgan fingerprint density at radius 1 is 1.23 bits per heavy atom. The first-order chi connectivity index (χ1) is 15.1. The fraction of sp³-hybridized carbons (Fsp3) is 0.591. The van der Waals surface area contributed by atoms with E-state index in [2.05, 4.69) is 27.3 Å². The van der Waals surface area contributed by atoms with Gasteiger partial charge in [0.1, 0.15) is 5.82 Å².